The molecule has 0 heterocycles. The van der Waals surface area contributed by atoms with Crippen LogP contribution in [0.1, 0.15) is 11.1 Å². The molecule has 2 rings (SSSR count). The monoisotopic (exact) mass is 417 g/mol. The van der Waals surface area contributed by atoms with Crippen molar-refractivity contribution in [1.82, 2.24) is 5.12 Å². The van der Waals surface area contributed by atoms with Crippen LogP contribution in [0.5, 0.6) is 0 Å². The summed E-state index contributed by atoms with van der Waals surface area (Å²) in [5.74, 6) is 9.82. The molecule has 0 aliphatic rings. The number of amides is 1. The van der Waals surface area contributed by atoms with E-state index < -0.39 is 32.6 Å². The Morgan fingerprint density at radius 1 is 1.07 bits per heavy atom. The summed E-state index contributed by atoms with van der Waals surface area (Å²) in [5.41, 5.74) is -0.824. The number of hydrazine groups is 2. The maximum atomic E-state index is 12.8. The van der Waals surface area contributed by atoms with Crippen LogP contribution in [-0.4, -0.2) is 19.4 Å². The minimum Gasteiger partial charge on any atom is -0.271 e. The lowest BCUT2D eigenvalue weighted by Crippen LogP contribution is -2.37. The smallest absolute Gasteiger partial charge is 0.271 e. The molecule has 0 unspecified atom stereocenters. The van der Waals surface area contributed by atoms with Gasteiger partial charge in [-0.3, -0.25) is 4.79 Å². The minimum absolute atomic E-state index is 0.0632. The molecule has 28 heavy (non-hydrogen) atoms. The number of benzene rings is 2. The highest BCUT2D eigenvalue weighted by atomic mass is 32.2. The van der Waals surface area contributed by atoms with E-state index in [9.17, 15) is 31.3 Å². The van der Waals surface area contributed by atoms with Crippen LogP contribution >= 0.6 is 0 Å². The highest BCUT2D eigenvalue weighted by Crippen LogP contribution is 2.31. The van der Waals surface area contributed by atoms with Crippen LogP contribution in [0.3, 0.4) is 0 Å². The first-order chi connectivity index (χ1) is 13.0. The van der Waals surface area contributed by atoms with Gasteiger partial charge in [0.2, 0.25) is 0 Å². The molecule has 2 aromatic rings. The van der Waals surface area contributed by atoms with Crippen LogP contribution in [0.2, 0.25) is 0 Å². The number of anilines is 1. The molecule has 0 fully saturated rings. The lowest BCUT2D eigenvalue weighted by Gasteiger charge is -2.19. The fourth-order valence-corrected chi connectivity index (χ4v) is 3.30. The van der Waals surface area contributed by atoms with Crippen molar-refractivity contribution in [3.8, 4) is 0 Å². The van der Waals surface area contributed by atoms with Crippen molar-refractivity contribution < 1.29 is 26.4 Å². The molecule has 4 N–H and O–H groups in total. The van der Waals surface area contributed by atoms with Gasteiger partial charge in [0.05, 0.1) is 27.9 Å². The molecule has 13 heteroatoms. The van der Waals surface area contributed by atoms with Crippen molar-refractivity contribution in [2.45, 2.75) is 17.5 Å². The van der Waals surface area contributed by atoms with E-state index in [0.29, 0.717) is 16.0 Å². The summed E-state index contributed by atoms with van der Waals surface area (Å²) in [7, 11) is -4.47. The minimum atomic E-state index is -4.72. The number of nitrogens with two attached hydrogens (primary N) is 2. The Hall–Kier alpha value is -3.03. The van der Waals surface area contributed by atoms with Crippen molar-refractivity contribution in [2.75, 3.05) is 4.41 Å². The second-order valence-electron chi connectivity index (χ2n) is 5.49. The first-order valence-corrected chi connectivity index (χ1v) is 8.88. The summed E-state index contributed by atoms with van der Waals surface area (Å²) >= 11 is 0. The molecule has 0 aromatic heterocycles. The van der Waals surface area contributed by atoms with Gasteiger partial charge in [0.25, 0.3) is 15.9 Å². The summed E-state index contributed by atoms with van der Waals surface area (Å²) in [6.07, 6.45) is -5.00. The lowest BCUT2D eigenvalue weighted by molar-refractivity contribution is -0.137. The molecule has 1 amide bonds. The molecule has 0 atom stereocenters. The number of halogens is 3. The summed E-state index contributed by atoms with van der Waals surface area (Å²) in [4.78, 5) is 21.0. The van der Waals surface area contributed by atoms with Gasteiger partial charge < -0.3 is 0 Å². The van der Waals surface area contributed by atoms with E-state index >= 15 is 0 Å². The van der Waals surface area contributed by atoms with E-state index in [4.69, 9.17) is 11.7 Å². The maximum absolute atomic E-state index is 12.8. The number of alkyl halides is 3. The number of hydrogen-bond acceptors (Lipinski definition) is 7. The van der Waals surface area contributed by atoms with Gasteiger partial charge in [-0.25, -0.2) is 16.1 Å². The van der Waals surface area contributed by atoms with Crippen molar-refractivity contribution >= 4 is 21.6 Å². The predicted molar refractivity (Wildman–Crippen MR) is 92.3 cm³/mol. The highest BCUT2D eigenvalue weighted by Gasteiger charge is 2.32. The normalized spacial score (nSPS) is 11.8. The molecule has 150 valence electrons. The summed E-state index contributed by atoms with van der Waals surface area (Å²) in [5, 5.41) is 2.36. The summed E-state index contributed by atoms with van der Waals surface area (Å²) in [6, 6.07) is 8.31. The van der Waals surface area contributed by atoms with E-state index in [-0.39, 0.29) is 17.2 Å². The third kappa shape index (κ3) is 4.62. The molecule has 0 saturated carbocycles. The second-order valence-corrected chi connectivity index (χ2v) is 7.30. The largest absolute Gasteiger partial charge is 0.416 e. The molecular formula is C15H14F3N5O4S. The SMILES string of the molecule is NN(N=O)C(=O)Cc1ccc(N(N)S(=O)(=O)c2cccc(C(F)(F)F)c2)cc1. The average Bonchev–Trinajstić information content (AvgIpc) is 2.66. The van der Waals surface area contributed by atoms with Crippen molar-refractivity contribution in [3.05, 3.63) is 64.6 Å². The van der Waals surface area contributed by atoms with Crippen LogP contribution < -0.4 is 16.1 Å². The van der Waals surface area contributed by atoms with E-state index in [1.54, 1.807) is 0 Å². The van der Waals surface area contributed by atoms with Gasteiger partial charge in [0.1, 0.15) is 0 Å². The van der Waals surface area contributed by atoms with Gasteiger partial charge >= 0.3 is 6.18 Å². The summed E-state index contributed by atoms with van der Waals surface area (Å²) in [6.45, 7) is 0. The number of carbonyl (C=O) groups is 1. The number of hydrogen-bond donors (Lipinski definition) is 2. The molecule has 0 aliphatic carbocycles. The van der Waals surface area contributed by atoms with Gasteiger partial charge in [0.15, 0.2) is 0 Å². The van der Waals surface area contributed by atoms with Gasteiger partial charge in [0, 0.05) is 0 Å². The van der Waals surface area contributed by atoms with E-state index in [2.05, 4.69) is 5.29 Å². The third-order valence-electron chi connectivity index (χ3n) is 3.61. The third-order valence-corrected chi connectivity index (χ3v) is 5.19. The average molecular weight is 417 g/mol. The number of nitroso groups, excluding NO2 is 1. The molecule has 0 aliphatic heterocycles. The van der Waals surface area contributed by atoms with Gasteiger partial charge in [-0.2, -0.15) is 21.6 Å². The first-order valence-electron chi connectivity index (χ1n) is 7.44. The Kier molecular flexibility index (Phi) is 6.01. The first kappa shape index (κ1) is 21.3. The summed E-state index contributed by atoms with van der Waals surface area (Å²) < 4.78 is 63.8. The molecule has 0 radical (unpaired) electrons. The Morgan fingerprint density at radius 2 is 1.68 bits per heavy atom. The lowest BCUT2D eigenvalue weighted by atomic mass is 10.1. The Labute approximate surface area is 157 Å². The maximum Gasteiger partial charge on any atom is 0.416 e. The van der Waals surface area contributed by atoms with Crippen molar-refractivity contribution in [3.63, 3.8) is 0 Å². The van der Waals surface area contributed by atoms with E-state index in [1.165, 1.54) is 24.3 Å². The highest BCUT2D eigenvalue weighted by molar-refractivity contribution is 7.92. The van der Waals surface area contributed by atoms with Gasteiger partial charge in [-0.15, -0.1) is 10.0 Å². The number of carbonyl (C=O) groups excluding carboxylic acids is 1. The second kappa shape index (κ2) is 7.92. The van der Waals surface area contributed by atoms with Crippen LogP contribution in [0.25, 0.3) is 0 Å². The number of nitrogens with zero attached hydrogens (tertiary/aromatic N) is 3. The van der Waals surface area contributed by atoms with Crippen molar-refractivity contribution in [1.29, 1.82) is 0 Å². The van der Waals surface area contributed by atoms with Gasteiger partial charge in [-0.05, 0) is 35.9 Å². The fraction of sp³-hybridized carbons (Fsp3) is 0.133. The zero-order chi connectivity index (χ0) is 21.1. The van der Waals surface area contributed by atoms with Gasteiger partial charge in [-0.1, -0.05) is 18.2 Å². The van der Waals surface area contributed by atoms with Crippen LogP contribution in [0.15, 0.2) is 58.7 Å². The van der Waals surface area contributed by atoms with E-state index in [1.807, 2.05) is 0 Å². The standard InChI is InChI=1S/C15H14F3N5O4S/c16-15(17,18)11-2-1-3-13(9-11)28(26,27)23(20)12-6-4-10(5-7-12)8-14(24)22(19)21-25/h1-7,9H,8,19-20H2. The molecule has 0 bridgehead atoms. The van der Waals surface area contributed by atoms with Crippen molar-refractivity contribution in [2.24, 2.45) is 17.0 Å². The molecular weight excluding hydrogens is 403 g/mol. The number of rotatable bonds is 6. The Balaban J connectivity index is 2.26. The van der Waals surface area contributed by atoms with Crippen LogP contribution in [-0.2, 0) is 27.4 Å². The van der Waals surface area contributed by atoms with Crippen LogP contribution in [0, 0.1) is 4.91 Å². The zero-order valence-corrected chi connectivity index (χ0v) is 14.8. The molecule has 2 aromatic carbocycles. The number of sulfonamides is 1. The predicted octanol–water partition coefficient (Wildman–Crippen LogP) is 1.70. The fourth-order valence-electron chi connectivity index (χ4n) is 2.15. The molecule has 0 spiro atoms. The Morgan fingerprint density at radius 3 is 2.21 bits per heavy atom. The topological polar surface area (TPSA) is 139 Å². The molecule has 0 saturated heterocycles. The molecule has 9 nitrogen and oxygen atoms in total. The Bertz CT molecular complexity index is 980. The van der Waals surface area contributed by atoms with Crippen LogP contribution in [0.4, 0.5) is 18.9 Å². The zero-order valence-electron chi connectivity index (χ0n) is 14.0. The quantitative estimate of drug-likeness (QED) is 0.317. The van der Waals surface area contributed by atoms with E-state index in [0.717, 1.165) is 18.2 Å².